The van der Waals surface area contributed by atoms with Crippen LogP contribution < -0.4 is 10.6 Å². The molecule has 2 aromatic rings. The monoisotopic (exact) mass is 302 g/mol. The molecule has 2 N–H and O–H groups in total. The van der Waals surface area contributed by atoms with Crippen molar-refractivity contribution in [2.24, 2.45) is 4.99 Å². The minimum Gasteiger partial charge on any atom is -0.357 e. The normalized spacial score (nSPS) is 11.4. The molecule has 2 rings (SSSR count). The first-order valence-electron chi connectivity index (χ1n) is 7.31. The van der Waals surface area contributed by atoms with Gasteiger partial charge in [-0.3, -0.25) is 0 Å². The van der Waals surface area contributed by atoms with Gasteiger partial charge >= 0.3 is 0 Å². The first kappa shape index (κ1) is 15.5. The number of hydrogen-bond acceptors (Lipinski definition) is 3. The molecule has 1 aromatic carbocycles. The standard InChI is InChI=1S/C16H22N4S/c1-3-15-20-14(12-21-15)11-19-16(17-4-2)18-10-13-8-6-5-7-9-13/h5-9,12H,3-4,10-11H2,1-2H3,(H2,17,18,19). The molecule has 0 aliphatic carbocycles. The van der Waals surface area contributed by atoms with Gasteiger partial charge in [-0.25, -0.2) is 9.98 Å². The number of aromatic nitrogens is 1. The molecule has 1 heterocycles. The molecular weight excluding hydrogens is 280 g/mol. The quantitative estimate of drug-likeness (QED) is 0.637. The number of benzene rings is 1. The molecule has 0 amide bonds. The predicted octanol–water partition coefficient (Wildman–Crippen LogP) is 2.96. The molecule has 21 heavy (non-hydrogen) atoms. The average molecular weight is 302 g/mol. The van der Waals surface area contributed by atoms with Gasteiger partial charge in [0.15, 0.2) is 5.96 Å². The summed E-state index contributed by atoms with van der Waals surface area (Å²) < 4.78 is 0. The van der Waals surface area contributed by atoms with Crippen LogP contribution in [0, 0.1) is 0 Å². The van der Waals surface area contributed by atoms with Gasteiger partial charge in [0.2, 0.25) is 0 Å². The van der Waals surface area contributed by atoms with E-state index in [-0.39, 0.29) is 0 Å². The largest absolute Gasteiger partial charge is 0.357 e. The van der Waals surface area contributed by atoms with Crippen molar-refractivity contribution in [1.29, 1.82) is 0 Å². The minimum absolute atomic E-state index is 0.674. The summed E-state index contributed by atoms with van der Waals surface area (Å²) in [6.45, 7) is 6.42. The summed E-state index contributed by atoms with van der Waals surface area (Å²) in [4.78, 5) is 9.15. The van der Waals surface area contributed by atoms with Crippen molar-refractivity contribution in [2.45, 2.75) is 33.4 Å². The molecule has 1 aromatic heterocycles. The highest BCUT2D eigenvalue weighted by molar-refractivity contribution is 7.09. The molecule has 0 bridgehead atoms. The Morgan fingerprint density at radius 1 is 1.19 bits per heavy atom. The van der Waals surface area contributed by atoms with Crippen molar-refractivity contribution in [1.82, 2.24) is 15.6 Å². The summed E-state index contributed by atoms with van der Waals surface area (Å²) in [5.74, 6) is 0.826. The van der Waals surface area contributed by atoms with E-state index < -0.39 is 0 Å². The number of rotatable bonds is 6. The van der Waals surface area contributed by atoms with Crippen LogP contribution in [-0.4, -0.2) is 17.5 Å². The lowest BCUT2D eigenvalue weighted by Gasteiger charge is -2.10. The SMILES string of the molecule is CCNC(=NCc1ccccc1)NCc1csc(CC)n1. The van der Waals surface area contributed by atoms with Crippen LogP contribution in [0.4, 0.5) is 0 Å². The Bertz CT molecular complexity index is 563. The first-order valence-corrected chi connectivity index (χ1v) is 8.19. The van der Waals surface area contributed by atoms with E-state index in [0.717, 1.165) is 24.6 Å². The molecule has 0 unspecified atom stereocenters. The topological polar surface area (TPSA) is 49.3 Å². The molecule has 112 valence electrons. The Kier molecular flexibility index (Phi) is 6.22. The zero-order valence-corrected chi connectivity index (χ0v) is 13.4. The van der Waals surface area contributed by atoms with E-state index in [2.05, 4.69) is 52.0 Å². The molecule has 0 fully saturated rings. The smallest absolute Gasteiger partial charge is 0.191 e. The van der Waals surface area contributed by atoms with Gasteiger partial charge in [0, 0.05) is 11.9 Å². The summed E-state index contributed by atoms with van der Waals surface area (Å²) in [5, 5.41) is 9.87. The van der Waals surface area contributed by atoms with E-state index in [4.69, 9.17) is 0 Å². The molecule has 4 nitrogen and oxygen atoms in total. The lowest BCUT2D eigenvalue weighted by atomic mass is 10.2. The molecule has 0 atom stereocenters. The van der Waals surface area contributed by atoms with E-state index in [1.807, 2.05) is 18.2 Å². The molecule has 0 aliphatic rings. The van der Waals surface area contributed by atoms with E-state index in [0.29, 0.717) is 13.1 Å². The molecular formula is C16H22N4S. The maximum absolute atomic E-state index is 4.60. The second-order valence-corrected chi connectivity index (χ2v) is 5.56. The number of aliphatic imine (C=N–C) groups is 1. The lowest BCUT2D eigenvalue weighted by molar-refractivity contribution is 0.800. The third kappa shape index (κ3) is 5.19. The van der Waals surface area contributed by atoms with Crippen LogP contribution in [-0.2, 0) is 19.5 Å². The second kappa shape index (κ2) is 8.42. The summed E-state index contributed by atoms with van der Waals surface area (Å²) in [6.07, 6.45) is 0.993. The summed E-state index contributed by atoms with van der Waals surface area (Å²) in [6, 6.07) is 10.3. The summed E-state index contributed by atoms with van der Waals surface area (Å²) in [7, 11) is 0. The van der Waals surface area contributed by atoms with Crippen molar-refractivity contribution in [3.8, 4) is 0 Å². The second-order valence-electron chi connectivity index (χ2n) is 4.62. The van der Waals surface area contributed by atoms with Gasteiger partial charge in [-0.15, -0.1) is 11.3 Å². The van der Waals surface area contributed by atoms with Gasteiger partial charge in [-0.2, -0.15) is 0 Å². The molecule has 0 saturated heterocycles. The predicted molar refractivity (Wildman–Crippen MR) is 89.6 cm³/mol. The third-order valence-electron chi connectivity index (χ3n) is 2.95. The van der Waals surface area contributed by atoms with Crippen LogP contribution in [0.2, 0.25) is 0 Å². The lowest BCUT2D eigenvalue weighted by Crippen LogP contribution is -2.36. The van der Waals surface area contributed by atoms with Gasteiger partial charge in [-0.05, 0) is 18.9 Å². The summed E-state index contributed by atoms with van der Waals surface area (Å²) >= 11 is 1.71. The maximum atomic E-state index is 4.60. The van der Waals surface area contributed by atoms with Crippen LogP contribution in [0.1, 0.15) is 30.1 Å². The zero-order valence-electron chi connectivity index (χ0n) is 12.6. The fourth-order valence-corrected chi connectivity index (χ4v) is 2.61. The minimum atomic E-state index is 0.674. The number of aryl methyl sites for hydroxylation is 1. The zero-order chi connectivity index (χ0) is 14.9. The van der Waals surface area contributed by atoms with E-state index in [1.54, 1.807) is 11.3 Å². The summed E-state index contributed by atoms with van der Waals surface area (Å²) in [5.41, 5.74) is 2.28. The number of hydrogen-bond donors (Lipinski definition) is 2. The van der Waals surface area contributed by atoms with Gasteiger partial charge in [0.1, 0.15) is 0 Å². The van der Waals surface area contributed by atoms with Gasteiger partial charge in [0.05, 0.1) is 23.8 Å². The van der Waals surface area contributed by atoms with Crippen LogP contribution in [0.3, 0.4) is 0 Å². The average Bonchev–Trinajstić information content (AvgIpc) is 2.99. The maximum Gasteiger partial charge on any atom is 0.191 e. The fraction of sp³-hybridized carbons (Fsp3) is 0.375. The van der Waals surface area contributed by atoms with Gasteiger partial charge in [0.25, 0.3) is 0 Å². The number of nitrogens with one attached hydrogen (secondary N) is 2. The van der Waals surface area contributed by atoms with Crippen molar-refractivity contribution in [2.75, 3.05) is 6.54 Å². The Hall–Kier alpha value is -1.88. The Morgan fingerprint density at radius 2 is 2.00 bits per heavy atom. The number of thiazole rings is 1. The van der Waals surface area contributed by atoms with E-state index in [1.165, 1.54) is 10.6 Å². The van der Waals surface area contributed by atoms with Crippen molar-refractivity contribution >= 4 is 17.3 Å². The van der Waals surface area contributed by atoms with Gasteiger partial charge < -0.3 is 10.6 Å². The highest BCUT2D eigenvalue weighted by Crippen LogP contribution is 2.09. The van der Waals surface area contributed by atoms with Crippen LogP contribution in [0.15, 0.2) is 40.7 Å². The molecule has 0 spiro atoms. The molecule has 0 saturated carbocycles. The highest BCUT2D eigenvalue weighted by Gasteiger charge is 2.02. The Labute approximate surface area is 130 Å². The van der Waals surface area contributed by atoms with Crippen LogP contribution in [0.5, 0.6) is 0 Å². The van der Waals surface area contributed by atoms with Gasteiger partial charge in [-0.1, -0.05) is 37.3 Å². The highest BCUT2D eigenvalue weighted by atomic mass is 32.1. The number of nitrogens with zero attached hydrogens (tertiary/aromatic N) is 2. The van der Waals surface area contributed by atoms with Crippen LogP contribution in [0.25, 0.3) is 0 Å². The fourth-order valence-electron chi connectivity index (χ4n) is 1.86. The van der Waals surface area contributed by atoms with Crippen molar-refractivity contribution < 1.29 is 0 Å². The van der Waals surface area contributed by atoms with Crippen molar-refractivity contribution in [3.05, 3.63) is 52.0 Å². The first-order chi connectivity index (χ1) is 10.3. The Balaban J connectivity index is 1.91. The van der Waals surface area contributed by atoms with E-state index in [9.17, 15) is 0 Å². The van der Waals surface area contributed by atoms with Crippen LogP contribution >= 0.6 is 11.3 Å². The molecule has 0 radical (unpaired) electrons. The van der Waals surface area contributed by atoms with E-state index >= 15 is 0 Å². The van der Waals surface area contributed by atoms with Crippen molar-refractivity contribution in [3.63, 3.8) is 0 Å². The molecule has 0 aliphatic heterocycles. The Morgan fingerprint density at radius 3 is 2.67 bits per heavy atom. The molecule has 5 heteroatoms. The third-order valence-corrected chi connectivity index (χ3v) is 3.99. The number of guanidine groups is 1.